The molecular formula is C26H25ClN2O2. The van der Waals surface area contributed by atoms with E-state index < -0.39 is 0 Å². The Morgan fingerprint density at radius 3 is 2.74 bits per heavy atom. The molecule has 2 heterocycles. The van der Waals surface area contributed by atoms with Crippen LogP contribution in [-0.2, 0) is 11.2 Å². The number of nitrogens with one attached hydrogen (secondary N) is 1. The Bertz CT molecular complexity index is 1100. The third kappa shape index (κ3) is 4.17. The number of aromatic nitrogens is 1. The van der Waals surface area contributed by atoms with Gasteiger partial charge in [0.15, 0.2) is 0 Å². The molecule has 1 unspecified atom stereocenters. The second-order valence-electron chi connectivity index (χ2n) is 8.52. The molecule has 1 amide bonds. The van der Waals surface area contributed by atoms with Crippen molar-refractivity contribution >= 4 is 17.5 Å². The first-order chi connectivity index (χ1) is 15.1. The van der Waals surface area contributed by atoms with Crippen molar-refractivity contribution in [2.75, 3.05) is 0 Å². The number of carbonyl (C=O) groups excluding carboxylic acids is 1. The number of hydrogen-bond acceptors (Lipinski definition) is 3. The molecule has 1 saturated carbocycles. The molecule has 0 bridgehead atoms. The normalized spacial score (nSPS) is 18.5. The molecule has 4 nitrogen and oxygen atoms in total. The second kappa shape index (κ2) is 8.35. The van der Waals surface area contributed by atoms with Crippen molar-refractivity contribution in [2.45, 2.75) is 50.2 Å². The molecule has 0 saturated heterocycles. The minimum absolute atomic E-state index is 0.0446. The fourth-order valence-corrected chi connectivity index (χ4v) is 4.85. The van der Waals surface area contributed by atoms with Gasteiger partial charge in [-0.3, -0.25) is 9.78 Å². The molecule has 1 aliphatic heterocycles. The van der Waals surface area contributed by atoms with Gasteiger partial charge in [-0.15, -0.1) is 0 Å². The fraction of sp³-hybridized carbons (Fsp3) is 0.308. The van der Waals surface area contributed by atoms with Crippen LogP contribution >= 0.6 is 11.6 Å². The third-order valence-corrected chi connectivity index (χ3v) is 6.66. The van der Waals surface area contributed by atoms with Gasteiger partial charge in [0, 0.05) is 35.2 Å². The summed E-state index contributed by atoms with van der Waals surface area (Å²) in [5.41, 5.74) is 3.98. The van der Waals surface area contributed by atoms with Gasteiger partial charge >= 0.3 is 0 Å². The lowest BCUT2D eigenvalue weighted by atomic mass is 9.73. The maximum absolute atomic E-state index is 12.9. The van der Waals surface area contributed by atoms with Crippen LogP contribution in [0.1, 0.15) is 49.3 Å². The Kier molecular flexibility index (Phi) is 5.41. The van der Waals surface area contributed by atoms with E-state index in [4.69, 9.17) is 16.3 Å². The molecule has 5 heteroatoms. The molecule has 1 aromatic heterocycles. The summed E-state index contributed by atoms with van der Waals surface area (Å²) in [5.74, 6) is 0.893. The monoisotopic (exact) mass is 432 g/mol. The lowest BCUT2D eigenvalue weighted by molar-refractivity contribution is -0.123. The number of halogens is 1. The molecule has 5 rings (SSSR count). The Morgan fingerprint density at radius 1 is 1.13 bits per heavy atom. The summed E-state index contributed by atoms with van der Waals surface area (Å²) < 4.78 is 6.30. The fourth-order valence-electron chi connectivity index (χ4n) is 4.67. The second-order valence-corrected chi connectivity index (χ2v) is 8.95. The molecule has 1 aliphatic carbocycles. The summed E-state index contributed by atoms with van der Waals surface area (Å²) in [6.07, 6.45) is 6.94. The predicted molar refractivity (Wildman–Crippen MR) is 122 cm³/mol. The van der Waals surface area contributed by atoms with Crippen LogP contribution in [0.25, 0.3) is 11.3 Å². The Morgan fingerprint density at radius 2 is 1.97 bits per heavy atom. The number of carbonyl (C=O) groups is 1. The van der Waals surface area contributed by atoms with Crippen LogP contribution in [0.4, 0.5) is 0 Å². The van der Waals surface area contributed by atoms with Gasteiger partial charge in [0.05, 0.1) is 11.7 Å². The molecule has 2 aliphatic rings. The van der Waals surface area contributed by atoms with E-state index in [0.717, 1.165) is 47.4 Å². The SMILES string of the molecule is O=C(CCc1ccccc1-c1ccccn1)NC1CC2(CCC2)Oc2ccc(Cl)cc21. The number of nitrogens with zero attached hydrogens (tertiary/aromatic N) is 1. The highest BCUT2D eigenvalue weighted by Crippen LogP contribution is 2.49. The average molecular weight is 433 g/mol. The van der Waals surface area contributed by atoms with E-state index in [-0.39, 0.29) is 17.6 Å². The average Bonchev–Trinajstić information content (AvgIpc) is 2.77. The first kappa shape index (κ1) is 20.1. The lowest BCUT2D eigenvalue weighted by Crippen LogP contribution is -2.49. The van der Waals surface area contributed by atoms with E-state index >= 15 is 0 Å². The number of hydrogen-bond donors (Lipinski definition) is 1. The van der Waals surface area contributed by atoms with Gasteiger partial charge in [-0.1, -0.05) is 41.9 Å². The summed E-state index contributed by atoms with van der Waals surface area (Å²) in [6, 6.07) is 19.7. The van der Waals surface area contributed by atoms with Crippen LogP contribution in [0.5, 0.6) is 5.75 Å². The first-order valence-corrected chi connectivity index (χ1v) is 11.3. The third-order valence-electron chi connectivity index (χ3n) is 6.43. The standard InChI is InChI=1S/C26H25ClN2O2/c27-19-10-11-24-21(16-19)23(17-26(31-24)13-5-14-26)29-25(30)12-9-18-6-1-2-7-20(18)22-8-3-4-15-28-22/h1-4,6-8,10-11,15-16,23H,5,9,12-14,17H2,(H,29,30). The van der Waals surface area contributed by atoms with E-state index in [1.54, 1.807) is 6.20 Å². The van der Waals surface area contributed by atoms with Gasteiger partial charge < -0.3 is 10.1 Å². The molecule has 1 atom stereocenters. The summed E-state index contributed by atoms with van der Waals surface area (Å²) in [5, 5.41) is 3.92. The maximum Gasteiger partial charge on any atom is 0.220 e. The zero-order valence-corrected chi connectivity index (χ0v) is 18.1. The van der Waals surface area contributed by atoms with Crippen LogP contribution in [0.2, 0.25) is 5.02 Å². The summed E-state index contributed by atoms with van der Waals surface area (Å²) in [6.45, 7) is 0. The minimum atomic E-state index is -0.135. The topological polar surface area (TPSA) is 51.2 Å². The van der Waals surface area contributed by atoms with Crippen molar-refractivity contribution < 1.29 is 9.53 Å². The highest BCUT2D eigenvalue weighted by molar-refractivity contribution is 6.30. The van der Waals surface area contributed by atoms with Crippen LogP contribution < -0.4 is 10.1 Å². The Hall–Kier alpha value is -2.85. The summed E-state index contributed by atoms with van der Waals surface area (Å²) in [4.78, 5) is 17.4. The summed E-state index contributed by atoms with van der Waals surface area (Å²) >= 11 is 6.24. The van der Waals surface area contributed by atoms with Crippen LogP contribution in [0.15, 0.2) is 66.9 Å². The molecule has 2 aromatic carbocycles. The molecule has 158 valence electrons. The zero-order chi connectivity index (χ0) is 21.3. The molecule has 0 radical (unpaired) electrons. The first-order valence-electron chi connectivity index (χ1n) is 10.9. The smallest absolute Gasteiger partial charge is 0.220 e. The number of rotatable bonds is 5. The number of amides is 1. The van der Waals surface area contributed by atoms with E-state index in [1.165, 1.54) is 6.42 Å². The van der Waals surface area contributed by atoms with Gasteiger partial charge in [0.25, 0.3) is 0 Å². The van der Waals surface area contributed by atoms with E-state index in [0.29, 0.717) is 17.9 Å². The van der Waals surface area contributed by atoms with Crippen LogP contribution in [0, 0.1) is 0 Å². The lowest BCUT2D eigenvalue weighted by Gasteiger charge is -2.48. The quantitative estimate of drug-likeness (QED) is 0.546. The highest BCUT2D eigenvalue weighted by atomic mass is 35.5. The number of pyridine rings is 1. The van der Waals surface area contributed by atoms with Crippen molar-refractivity contribution in [3.05, 3.63) is 83.0 Å². The largest absolute Gasteiger partial charge is 0.487 e. The van der Waals surface area contributed by atoms with Crippen molar-refractivity contribution in [1.29, 1.82) is 0 Å². The molecular weight excluding hydrogens is 408 g/mol. The molecule has 1 N–H and O–H groups in total. The zero-order valence-electron chi connectivity index (χ0n) is 17.3. The van der Waals surface area contributed by atoms with E-state index in [2.05, 4.69) is 22.4 Å². The summed E-state index contributed by atoms with van der Waals surface area (Å²) in [7, 11) is 0. The molecule has 3 aromatic rings. The molecule has 1 spiro atoms. The van der Waals surface area contributed by atoms with Gasteiger partial charge in [-0.2, -0.15) is 0 Å². The molecule has 1 fully saturated rings. The van der Waals surface area contributed by atoms with Crippen molar-refractivity contribution in [2.24, 2.45) is 0 Å². The molecule has 31 heavy (non-hydrogen) atoms. The number of fused-ring (bicyclic) bond motifs is 1. The maximum atomic E-state index is 12.9. The Balaban J connectivity index is 1.30. The highest BCUT2D eigenvalue weighted by Gasteiger charge is 2.45. The van der Waals surface area contributed by atoms with Crippen LogP contribution in [0.3, 0.4) is 0 Å². The predicted octanol–water partition coefficient (Wildman–Crippen LogP) is 5.90. The van der Waals surface area contributed by atoms with Gasteiger partial charge in [0.1, 0.15) is 11.4 Å². The Labute approximate surface area is 187 Å². The van der Waals surface area contributed by atoms with Gasteiger partial charge in [-0.25, -0.2) is 0 Å². The van der Waals surface area contributed by atoms with Crippen molar-refractivity contribution in [3.63, 3.8) is 0 Å². The van der Waals surface area contributed by atoms with Crippen molar-refractivity contribution in [3.8, 4) is 17.0 Å². The van der Waals surface area contributed by atoms with E-state index in [1.807, 2.05) is 48.5 Å². The van der Waals surface area contributed by atoms with Crippen LogP contribution in [-0.4, -0.2) is 16.5 Å². The van der Waals surface area contributed by atoms with Crippen molar-refractivity contribution in [1.82, 2.24) is 10.3 Å². The number of aryl methyl sites for hydroxylation is 1. The number of ether oxygens (including phenoxy) is 1. The van der Waals surface area contributed by atoms with E-state index in [9.17, 15) is 4.79 Å². The van der Waals surface area contributed by atoms with Gasteiger partial charge in [0.2, 0.25) is 5.91 Å². The van der Waals surface area contributed by atoms with Gasteiger partial charge in [-0.05, 0) is 61.6 Å². The minimum Gasteiger partial charge on any atom is -0.487 e. The number of benzene rings is 2.